The second-order valence-electron chi connectivity index (χ2n) is 2.10. The molecule has 3 heteroatoms. The van der Waals surface area contributed by atoms with Crippen LogP contribution in [0.3, 0.4) is 0 Å². The van der Waals surface area contributed by atoms with E-state index in [-0.39, 0.29) is 6.98 Å². The first kappa shape index (κ1) is 6.95. The predicted octanol–water partition coefficient (Wildman–Crippen LogP) is 1.34. The SMILES string of the molecule is [C-]#[N+]B1C=CC=CN1CC. The summed E-state index contributed by atoms with van der Waals surface area (Å²) in [5.41, 5.74) is 0. The Morgan fingerprint density at radius 2 is 2.40 bits per heavy atom. The standard InChI is InChI=1S/C7H9BN2/c1-3-10-7-5-4-6-8(10)9-2/h4-7H,3H2,1H3. The molecule has 0 unspecified atom stereocenters. The maximum atomic E-state index is 6.83. The highest BCUT2D eigenvalue weighted by Crippen LogP contribution is 2.04. The molecule has 1 aliphatic heterocycles. The highest BCUT2D eigenvalue weighted by atomic mass is 15.1. The van der Waals surface area contributed by atoms with Gasteiger partial charge in [-0.3, -0.25) is 6.57 Å². The summed E-state index contributed by atoms with van der Waals surface area (Å²) in [6.07, 6.45) is 5.81. The van der Waals surface area contributed by atoms with Crippen molar-refractivity contribution in [2.45, 2.75) is 6.92 Å². The van der Waals surface area contributed by atoms with Gasteiger partial charge in [-0.1, -0.05) is 6.08 Å². The Labute approximate surface area is 61.8 Å². The van der Waals surface area contributed by atoms with Crippen molar-refractivity contribution in [3.05, 3.63) is 35.7 Å². The van der Waals surface area contributed by atoms with Gasteiger partial charge in [-0.2, -0.15) is 0 Å². The molecule has 10 heavy (non-hydrogen) atoms. The molecular weight excluding hydrogens is 123 g/mol. The Bertz CT molecular complexity index is 202. The summed E-state index contributed by atoms with van der Waals surface area (Å²) in [7, 11) is 0. The molecule has 1 aliphatic rings. The molecule has 0 fully saturated rings. The molecule has 0 aromatic carbocycles. The Kier molecular flexibility index (Phi) is 2.17. The molecule has 0 aromatic heterocycles. The molecule has 2 nitrogen and oxygen atoms in total. The molecule has 0 saturated carbocycles. The van der Waals surface area contributed by atoms with Crippen molar-refractivity contribution in [2.75, 3.05) is 6.54 Å². The quantitative estimate of drug-likeness (QED) is 0.385. The van der Waals surface area contributed by atoms with Gasteiger partial charge < -0.3 is 9.57 Å². The third-order valence-electron chi connectivity index (χ3n) is 1.51. The molecular formula is C7H9BN2. The van der Waals surface area contributed by atoms with Crippen molar-refractivity contribution in [1.82, 2.24) is 4.81 Å². The third-order valence-corrected chi connectivity index (χ3v) is 1.51. The number of nitrogens with zero attached hydrogens (tertiary/aromatic N) is 2. The molecule has 50 valence electrons. The maximum absolute atomic E-state index is 6.83. The van der Waals surface area contributed by atoms with Gasteiger partial charge in [-0.15, -0.1) is 0 Å². The van der Waals surface area contributed by atoms with Crippen LogP contribution in [-0.2, 0) is 0 Å². The van der Waals surface area contributed by atoms with Crippen molar-refractivity contribution >= 4 is 6.98 Å². The minimum absolute atomic E-state index is 0.0741. The zero-order valence-electron chi connectivity index (χ0n) is 5.99. The van der Waals surface area contributed by atoms with Crippen LogP contribution in [0.25, 0.3) is 4.76 Å². The molecule has 0 bridgehead atoms. The van der Waals surface area contributed by atoms with Crippen molar-refractivity contribution in [3.8, 4) is 0 Å². The number of allylic oxidation sites excluding steroid dienone is 2. The monoisotopic (exact) mass is 132 g/mol. The lowest BCUT2D eigenvalue weighted by atomic mass is 9.74. The average Bonchev–Trinajstić information content (AvgIpc) is 2.04. The van der Waals surface area contributed by atoms with Crippen LogP contribution in [0.2, 0.25) is 0 Å². The summed E-state index contributed by atoms with van der Waals surface area (Å²) in [5, 5.41) is 0. The molecule has 0 N–H and O–H groups in total. The minimum Gasteiger partial charge on any atom is -0.395 e. The van der Waals surface area contributed by atoms with Gasteiger partial charge in [0.15, 0.2) is 0 Å². The smallest absolute Gasteiger partial charge is 0.395 e. The first-order valence-corrected chi connectivity index (χ1v) is 3.35. The lowest BCUT2D eigenvalue weighted by Crippen LogP contribution is -2.32. The van der Waals surface area contributed by atoms with Crippen LogP contribution in [-0.4, -0.2) is 18.3 Å². The summed E-state index contributed by atoms with van der Waals surface area (Å²) in [6, 6.07) is 0. The van der Waals surface area contributed by atoms with Crippen LogP contribution in [0.5, 0.6) is 0 Å². The van der Waals surface area contributed by atoms with Gasteiger partial charge in [0, 0.05) is 12.5 Å². The van der Waals surface area contributed by atoms with E-state index in [0.29, 0.717) is 0 Å². The molecule has 0 aromatic rings. The Balaban J connectivity index is 2.66. The van der Waals surface area contributed by atoms with E-state index in [1.807, 2.05) is 36.1 Å². The van der Waals surface area contributed by atoms with Gasteiger partial charge >= 0.3 is 6.98 Å². The Morgan fingerprint density at radius 3 is 2.90 bits per heavy atom. The Hall–Kier alpha value is -1.17. The van der Waals surface area contributed by atoms with E-state index in [4.69, 9.17) is 6.57 Å². The molecule has 0 spiro atoms. The van der Waals surface area contributed by atoms with Crippen LogP contribution in [0.4, 0.5) is 0 Å². The number of hydrogen-bond acceptors (Lipinski definition) is 1. The molecule has 1 heterocycles. The van der Waals surface area contributed by atoms with Gasteiger partial charge in [0.2, 0.25) is 0 Å². The average molecular weight is 132 g/mol. The second kappa shape index (κ2) is 3.12. The molecule has 0 saturated heterocycles. The van der Waals surface area contributed by atoms with Crippen LogP contribution < -0.4 is 0 Å². The fraction of sp³-hybridized carbons (Fsp3) is 0.286. The largest absolute Gasteiger partial charge is 0.730 e. The van der Waals surface area contributed by atoms with Crippen molar-refractivity contribution in [1.29, 1.82) is 0 Å². The van der Waals surface area contributed by atoms with Crippen molar-refractivity contribution < 1.29 is 0 Å². The number of hydrogen-bond donors (Lipinski definition) is 0. The van der Waals surface area contributed by atoms with Gasteiger partial charge in [-0.25, -0.2) is 0 Å². The van der Waals surface area contributed by atoms with E-state index in [1.54, 1.807) is 0 Å². The topological polar surface area (TPSA) is 7.60 Å². The summed E-state index contributed by atoms with van der Waals surface area (Å²) in [5.74, 6) is 1.90. The van der Waals surface area contributed by atoms with Crippen LogP contribution in [0.15, 0.2) is 24.3 Å². The van der Waals surface area contributed by atoms with Crippen LogP contribution in [0.1, 0.15) is 6.92 Å². The lowest BCUT2D eigenvalue weighted by molar-refractivity contribution is 0.616. The first-order valence-electron chi connectivity index (χ1n) is 3.35. The predicted molar refractivity (Wildman–Crippen MR) is 43.0 cm³/mol. The van der Waals surface area contributed by atoms with E-state index >= 15 is 0 Å². The zero-order chi connectivity index (χ0) is 7.40. The van der Waals surface area contributed by atoms with Crippen molar-refractivity contribution in [2.24, 2.45) is 0 Å². The highest BCUT2D eigenvalue weighted by Gasteiger charge is 2.29. The third kappa shape index (κ3) is 1.22. The highest BCUT2D eigenvalue weighted by molar-refractivity contribution is 6.65. The summed E-state index contributed by atoms with van der Waals surface area (Å²) in [6.45, 7) is 9.70. The second-order valence-corrected chi connectivity index (χ2v) is 2.10. The molecule has 0 radical (unpaired) electrons. The summed E-state index contributed by atoms with van der Waals surface area (Å²) < 4.78 is 3.44. The summed E-state index contributed by atoms with van der Waals surface area (Å²) in [4.78, 5) is 1.99. The van der Waals surface area contributed by atoms with E-state index in [0.717, 1.165) is 6.54 Å². The van der Waals surface area contributed by atoms with Crippen molar-refractivity contribution in [3.63, 3.8) is 0 Å². The molecule has 1 rings (SSSR count). The van der Waals surface area contributed by atoms with E-state index in [1.165, 1.54) is 0 Å². The van der Waals surface area contributed by atoms with Gasteiger partial charge in [-0.05, 0) is 19.2 Å². The van der Waals surface area contributed by atoms with Gasteiger partial charge in [0.1, 0.15) is 0 Å². The molecule has 0 aliphatic carbocycles. The molecule has 0 amide bonds. The molecule has 0 atom stereocenters. The van der Waals surface area contributed by atoms with Gasteiger partial charge in [0.05, 0.1) is 0 Å². The maximum Gasteiger partial charge on any atom is 0.730 e. The normalized spacial score (nSPS) is 15.6. The van der Waals surface area contributed by atoms with E-state index < -0.39 is 0 Å². The van der Waals surface area contributed by atoms with Gasteiger partial charge in [0.25, 0.3) is 0 Å². The van der Waals surface area contributed by atoms with E-state index in [9.17, 15) is 0 Å². The minimum atomic E-state index is -0.0741. The fourth-order valence-electron chi connectivity index (χ4n) is 0.932. The zero-order valence-corrected chi connectivity index (χ0v) is 5.99. The van der Waals surface area contributed by atoms with Crippen LogP contribution >= 0.6 is 0 Å². The fourth-order valence-corrected chi connectivity index (χ4v) is 0.932. The lowest BCUT2D eigenvalue weighted by Gasteiger charge is -2.14. The van der Waals surface area contributed by atoms with E-state index in [2.05, 4.69) is 4.76 Å². The summed E-state index contributed by atoms with van der Waals surface area (Å²) >= 11 is 0. The first-order chi connectivity index (χ1) is 4.88. The number of rotatable bonds is 1. The van der Waals surface area contributed by atoms with Crippen LogP contribution in [0, 0.1) is 6.57 Å². The Morgan fingerprint density at radius 1 is 1.60 bits per heavy atom.